The van der Waals surface area contributed by atoms with Gasteiger partial charge in [0.1, 0.15) is 5.60 Å². The Balaban J connectivity index is 2.48. The molecule has 1 fully saturated rings. The van der Waals surface area contributed by atoms with Crippen molar-refractivity contribution in [1.29, 1.82) is 0 Å². The van der Waals surface area contributed by atoms with Gasteiger partial charge in [-0.25, -0.2) is 4.79 Å². The zero-order chi connectivity index (χ0) is 10.8. The normalized spacial score (nSPS) is 18.2. The van der Waals surface area contributed by atoms with Gasteiger partial charge < -0.3 is 4.74 Å². The fourth-order valence-corrected chi connectivity index (χ4v) is 1.78. The predicted octanol–water partition coefficient (Wildman–Crippen LogP) is 3.07. The van der Waals surface area contributed by atoms with Crippen LogP contribution in [0.1, 0.15) is 46.5 Å². The fourth-order valence-electron chi connectivity index (χ4n) is 1.78. The molecule has 2 heteroatoms. The number of rotatable bonds is 2. The molecule has 0 aromatic rings. The first-order valence-corrected chi connectivity index (χ1v) is 5.32. The highest BCUT2D eigenvalue weighted by Gasteiger charge is 2.26. The van der Waals surface area contributed by atoms with E-state index in [-0.39, 0.29) is 5.97 Å². The van der Waals surface area contributed by atoms with Crippen LogP contribution in [0.5, 0.6) is 0 Å². The van der Waals surface area contributed by atoms with Crippen molar-refractivity contribution in [2.75, 3.05) is 0 Å². The van der Waals surface area contributed by atoms with Crippen molar-refractivity contribution in [3.63, 3.8) is 0 Å². The van der Waals surface area contributed by atoms with Crippen LogP contribution in [0.15, 0.2) is 12.2 Å². The summed E-state index contributed by atoms with van der Waals surface area (Å²) in [6.45, 7) is 9.49. The predicted molar refractivity (Wildman–Crippen MR) is 56.9 cm³/mol. The molecule has 0 heterocycles. The summed E-state index contributed by atoms with van der Waals surface area (Å²) in [7, 11) is 0. The third-order valence-electron chi connectivity index (χ3n) is 2.51. The van der Waals surface area contributed by atoms with Gasteiger partial charge in [0, 0.05) is 5.57 Å². The van der Waals surface area contributed by atoms with Crippen LogP contribution in [0, 0.1) is 5.92 Å². The molecule has 1 aliphatic rings. The first-order valence-electron chi connectivity index (χ1n) is 5.32. The maximum atomic E-state index is 11.6. The van der Waals surface area contributed by atoms with Gasteiger partial charge in [0.25, 0.3) is 0 Å². The van der Waals surface area contributed by atoms with Gasteiger partial charge in [-0.05, 0) is 39.5 Å². The van der Waals surface area contributed by atoms with Crippen LogP contribution < -0.4 is 0 Å². The lowest BCUT2D eigenvalue weighted by Gasteiger charge is -2.22. The number of hydrogen-bond acceptors (Lipinski definition) is 2. The van der Waals surface area contributed by atoms with Gasteiger partial charge in [-0.3, -0.25) is 0 Å². The standard InChI is InChI=1S/C12H20O2/c1-9(10-7-5-6-8-10)11(13)14-12(2,3)4/h10H,1,5-8H2,2-4H3. The fraction of sp³-hybridized carbons (Fsp3) is 0.750. The Bertz CT molecular complexity index is 229. The van der Waals surface area contributed by atoms with E-state index in [1.807, 2.05) is 20.8 Å². The molecule has 80 valence electrons. The van der Waals surface area contributed by atoms with Crippen LogP contribution in [0.3, 0.4) is 0 Å². The monoisotopic (exact) mass is 196 g/mol. The van der Waals surface area contributed by atoms with Gasteiger partial charge >= 0.3 is 5.97 Å². The van der Waals surface area contributed by atoms with Gasteiger partial charge in [0.05, 0.1) is 0 Å². The van der Waals surface area contributed by atoms with E-state index in [4.69, 9.17) is 4.74 Å². The highest BCUT2D eigenvalue weighted by molar-refractivity contribution is 5.88. The topological polar surface area (TPSA) is 26.3 Å². The van der Waals surface area contributed by atoms with Gasteiger partial charge in [-0.2, -0.15) is 0 Å². The second-order valence-corrected chi connectivity index (χ2v) is 5.01. The van der Waals surface area contributed by atoms with E-state index in [0.717, 1.165) is 12.8 Å². The minimum absolute atomic E-state index is 0.218. The molecule has 1 saturated carbocycles. The number of hydrogen-bond donors (Lipinski definition) is 0. The Hall–Kier alpha value is -0.790. The van der Waals surface area contributed by atoms with E-state index in [9.17, 15) is 4.79 Å². The maximum Gasteiger partial charge on any atom is 0.334 e. The first-order chi connectivity index (χ1) is 6.40. The molecule has 0 bridgehead atoms. The minimum atomic E-state index is -0.404. The second kappa shape index (κ2) is 4.16. The van der Waals surface area contributed by atoms with Crippen molar-refractivity contribution in [2.45, 2.75) is 52.1 Å². The highest BCUT2D eigenvalue weighted by Crippen LogP contribution is 2.31. The third-order valence-corrected chi connectivity index (χ3v) is 2.51. The smallest absolute Gasteiger partial charge is 0.334 e. The van der Waals surface area contributed by atoms with Crippen LogP contribution in [-0.2, 0) is 9.53 Å². The summed E-state index contributed by atoms with van der Waals surface area (Å²) in [5, 5.41) is 0. The number of carbonyl (C=O) groups is 1. The molecule has 2 nitrogen and oxygen atoms in total. The van der Waals surface area contributed by atoms with Gasteiger partial charge in [0.2, 0.25) is 0 Å². The average molecular weight is 196 g/mol. The van der Waals surface area contributed by atoms with Gasteiger partial charge in [-0.1, -0.05) is 19.4 Å². The van der Waals surface area contributed by atoms with Crippen LogP contribution >= 0.6 is 0 Å². The van der Waals surface area contributed by atoms with Crippen molar-refractivity contribution in [3.05, 3.63) is 12.2 Å². The van der Waals surface area contributed by atoms with Crippen molar-refractivity contribution in [2.24, 2.45) is 5.92 Å². The van der Waals surface area contributed by atoms with Crippen LogP contribution in [0.4, 0.5) is 0 Å². The molecule has 0 atom stereocenters. The summed E-state index contributed by atoms with van der Waals surface area (Å²) in [4.78, 5) is 11.6. The molecule has 14 heavy (non-hydrogen) atoms. The SMILES string of the molecule is C=C(C(=O)OC(C)(C)C)C1CCCC1. The summed E-state index contributed by atoms with van der Waals surface area (Å²) in [6, 6.07) is 0. The summed E-state index contributed by atoms with van der Waals surface area (Å²) >= 11 is 0. The molecule has 0 aromatic heterocycles. The van der Waals surface area contributed by atoms with E-state index in [0.29, 0.717) is 11.5 Å². The average Bonchev–Trinajstić information content (AvgIpc) is 2.51. The molecule has 0 radical (unpaired) electrons. The molecular formula is C12H20O2. The lowest BCUT2D eigenvalue weighted by molar-refractivity contribution is -0.150. The Morgan fingerprint density at radius 3 is 2.21 bits per heavy atom. The second-order valence-electron chi connectivity index (χ2n) is 5.01. The van der Waals surface area contributed by atoms with Crippen LogP contribution in [-0.4, -0.2) is 11.6 Å². The zero-order valence-electron chi connectivity index (χ0n) is 9.43. The van der Waals surface area contributed by atoms with E-state index in [1.54, 1.807) is 0 Å². The van der Waals surface area contributed by atoms with Crippen LogP contribution in [0.25, 0.3) is 0 Å². The summed E-state index contributed by atoms with van der Waals surface area (Å²) < 4.78 is 5.27. The summed E-state index contributed by atoms with van der Waals surface area (Å²) in [6.07, 6.45) is 4.62. The number of esters is 1. The molecule has 0 spiro atoms. The molecule has 0 N–H and O–H groups in total. The zero-order valence-corrected chi connectivity index (χ0v) is 9.43. The molecular weight excluding hydrogens is 176 g/mol. The lowest BCUT2D eigenvalue weighted by atomic mass is 9.99. The Morgan fingerprint density at radius 1 is 1.29 bits per heavy atom. The van der Waals surface area contributed by atoms with Gasteiger partial charge in [0.15, 0.2) is 0 Å². The molecule has 0 unspecified atom stereocenters. The Morgan fingerprint density at radius 2 is 1.79 bits per heavy atom. The Labute approximate surface area is 86.3 Å². The first kappa shape index (κ1) is 11.3. The molecule has 1 aliphatic carbocycles. The third kappa shape index (κ3) is 3.17. The van der Waals surface area contributed by atoms with Gasteiger partial charge in [-0.15, -0.1) is 0 Å². The lowest BCUT2D eigenvalue weighted by Crippen LogP contribution is -2.26. The Kier molecular flexibility index (Phi) is 3.35. The van der Waals surface area contributed by atoms with E-state index >= 15 is 0 Å². The highest BCUT2D eigenvalue weighted by atomic mass is 16.6. The number of ether oxygens (including phenoxy) is 1. The van der Waals surface area contributed by atoms with E-state index < -0.39 is 5.60 Å². The molecule has 0 aromatic carbocycles. The minimum Gasteiger partial charge on any atom is -0.457 e. The van der Waals surface area contributed by atoms with E-state index in [1.165, 1.54) is 12.8 Å². The van der Waals surface area contributed by atoms with Crippen molar-refractivity contribution in [3.8, 4) is 0 Å². The van der Waals surface area contributed by atoms with Crippen molar-refractivity contribution >= 4 is 5.97 Å². The molecule has 0 aliphatic heterocycles. The van der Waals surface area contributed by atoms with Crippen molar-refractivity contribution < 1.29 is 9.53 Å². The molecule has 0 amide bonds. The molecule has 1 rings (SSSR count). The quantitative estimate of drug-likeness (QED) is 0.501. The largest absolute Gasteiger partial charge is 0.457 e. The van der Waals surface area contributed by atoms with Crippen LogP contribution in [0.2, 0.25) is 0 Å². The maximum absolute atomic E-state index is 11.6. The summed E-state index contributed by atoms with van der Waals surface area (Å²) in [5.41, 5.74) is 0.260. The molecule has 0 saturated heterocycles. The summed E-state index contributed by atoms with van der Waals surface area (Å²) in [5.74, 6) is 0.147. The van der Waals surface area contributed by atoms with E-state index in [2.05, 4.69) is 6.58 Å². The number of carbonyl (C=O) groups excluding carboxylic acids is 1. The van der Waals surface area contributed by atoms with Crippen molar-refractivity contribution in [1.82, 2.24) is 0 Å².